The summed E-state index contributed by atoms with van der Waals surface area (Å²) in [5.74, 6) is -1.60. The van der Waals surface area contributed by atoms with Crippen molar-refractivity contribution in [2.75, 3.05) is 32.1 Å². The molecule has 3 rings (SSSR count). The lowest BCUT2D eigenvalue weighted by Gasteiger charge is -2.31. The summed E-state index contributed by atoms with van der Waals surface area (Å²) in [5, 5.41) is 4.89. The number of para-hydroxylation sites is 1. The molecule has 166 valence electrons. The van der Waals surface area contributed by atoms with Gasteiger partial charge in [-0.25, -0.2) is 12.8 Å². The first-order chi connectivity index (χ1) is 14.8. The van der Waals surface area contributed by atoms with Crippen molar-refractivity contribution in [3.05, 3.63) is 54.3 Å². The van der Waals surface area contributed by atoms with Crippen LogP contribution in [0.5, 0.6) is 5.75 Å². The summed E-state index contributed by atoms with van der Waals surface area (Å²) in [7, 11) is -2.26. The number of nitrogens with one attached hydrogen (secondary N) is 2. The van der Waals surface area contributed by atoms with Gasteiger partial charge in [-0.2, -0.15) is 4.31 Å². The highest BCUT2D eigenvalue weighted by Crippen LogP contribution is 2.25. The van der Waals surface area contributed by atoms with E-state index in [0.29, 0.717) is 25.1 Å². The molecule has 10 heteroatoms. The normalized spacial score (nSPS) is 17.0. The Kier molecular flexibility index (Phi) is 7.24. The largest absolute Gasteiger partial charge is 0.497 e. The first-order valence-electron chi connectivity index (χ1n) is 9.77. The van der Waals surface area contributed by atoms with Crippen molar-refractivity contribution in [2.45, 2.75) is 17.7 Å². The Morgan fingerprint density at radius 3 is 2.55 bits per heavy atom. The third-order valence-electron chi connectivity index (χ3n) is 5.02. The number of halogens is 1. The minimum Gasteiger partial charge on any atom is -0.497 e. The molecule has 1 saturated heterocycles. The van der Waals surface area contributed by atoms with Gasteiger partial charge in [0.25, 0.3) is 0 Å². The van der Waals surface area contributed by atoms with Crippen LogP contribution in [0, 0.1) is 11.7 Å². The van der Waals surface area contributed by atoms with E-state index in [-0.39, 0.29) is 23.7 Å². The molecule has 0 bridgehead atoms. The maximum atomic E-state index is 13.6. The molecule has 0 spiro atoms. The molecule has 1 atom stereocenters. The second-order valence-electron chi connectivity index (χ2n) is 7.12. The maximum Gasteiger partial charge on any atom is 0.243 e. The molecule has 1 fully saturated rings. The molecule has 0 aromatic heterocycles. The number of amides is 2. The summed E-state index contributed by atoms with van der Waals surface area (Å²) in [6.45, 7) is -0.00403. The highest BCUT2D eigenvalue weighted by Gasteiger charge is 2.33. The van der Waals surface area contributed by atoms with Crippen molar-refractivity contribution >= 4 is 27.5 Å². The van der Waals surface area contributed by atoms with Gasteiger partial charge in [0.1, 0.15) is 11.6 Å². The third-order valence-corrected chi connectivity index (χ3v) is 6.90. The molecule has 1 aliphatic heterocycles. The molecule has 2 N–H and O–H groups in total. The van der Waals surface area contributed by atoms with E-state index in [0.717, 1.165) is 0 Å². The molecule has 31 heavy (non-hydrogen) atoms. The monoisotopic (exact) mass is 449 g/mol. The highest BCUT2D eigenvalue weighted by molar-refractivity contribution is 7.89. The van der Waals surface area contributed by atoms with Gasteiger partial charge in [-0.1, -0.05) is 12.1 Å². The molecular formula is C21H24FN3O5S. The zero-order valence-electron chi connectivity index (χ0n) is 17.0. The van der Waals surface area contributed by atoms with Gasteiger partial charge >= 0.3 is 0 Å². The molecular weight excluding hydrogens is 425 g/mol. The van der Waals surface area contributed by atoms with E-state index in [1.165, 1.54) is 41.7 Å². The van der Waals surface area contributed by atoms with Gasteiger partial charge in [0.15, 0.2) is 0 Å². The van der Waals surface area contributed by atoms with E-state index in [2.05, 4.69) is 10.6 Å². The van der Waals surface area contributed by atoms with Crippen molar-refractivity contribution in [1.82, 2.24) is 9.62 Å². The molecule has 1 aliphatic rings. The van der Waals surface area contributed by atoms with E-state index < -0.39 is 33.6 Å². The second kappa shape index (κ2) is 9.88. The number of anilines is 1. The van der Waals surface area contributed by atoms with Gasteiger partial charge in [-0.05, 0) is 49.2 Å². The molecule has 1 heterocycles. The van der Waals surface area contributed by atoms with Crippen molar-refractivity contribution in [3.8, 4) is 5.75 Å². The number of methoxy groups -OCH3 is 1. The number of sulfonamides is 1. The number of benzene rings is 2. The Morgan fingerprint density at radius 1 is 1.16 bits per heavy atom. The SMILES string of the molecule is COc1ccc(S(=O)(=O)N2CCC[C@@H](C(=O)NCC(=O)Nc3ccccc3F)C2)cc1. The van der Waals surface area contributed by atoms with Crippen molar-refractivity contribution in [2.24, 2.45) is 5.92 Å². The van der Waals surface area contributed by atoms with Crippen LogP contribution >= 0.6 is 0 Å². The van der Waals surface area contributed by atoms with Crippen LogP contribution in [0.1, 0.15) is 12.8 Å². The van der Waals surface area contributed by atoms with Crippen LogP contribution in [0.3, 0.4) is 0 Å². The Labute approximate surface area is 180 Å². The van der Waals surface area contributed by atoms with Crippen molar-refractivity contribution < 1.29 is 27.1 Å². The van der Waals surface area contributed by atoms with Gasteiger partial charge in [-0.15, -0.1) is 0 Å². The third kappa shape index (κ3) is 5.59. The topological polar surface area (TPSA) is 105 Å². The molecule has 2 aromatic rings. The number of nitrogens with zero attached hydrogens (tertiary/aromatic N) is 1. The number of piperidine rings is 1. The molecule has 0 unspecified atom stereocenters. The van der Waals surface area contributed by atoms with E-state index in [1.807, 2.05) is 0 Å². The number of carbonyl (C=O) groups excluding carboxylic acids is 2. The fourth-order valence-electron chi connectivity index (χ4n) is 3.34. The van der Waals surface area contributed by atoms with Crippen LogP contribution in [-0.4, -0.2) is 51.3 Å². The van der Waals surface area contributed by atoms with Crippen LogP contribution in [0.25, 0.3) is 0 Å². The smallest absolute Gasteiger partial charge is 0.243 e. The Balaban J connectivity index is 1.57. The number of rotatable bonds is 7. The summed E-state index contributed by atoms with van der Waals surface area (Å²) >= 11 is 0. The summed E-state index contributed by atoms with van der Waals surface area (Å²) in [4.78, 5) is 24.6. The first-order valence-corrected chi connectivity index (χ1v) is 11.2. The number of hydrogen-bond acceptors (Lipinski definition) is 5. The first kappa shape index (κ1) is 22.7. The summed E-state index contributed by atoms with van der Waals surface area (Å²) in [5.41, 5.74) is 0.0242. The Hall–Kier alpha value is -2.98. The lowest BCUT2D eigenvalue weighted by atomic mass is 9.99. The molecule has 8 nitrogen and oxygen atoms in total. The molecule has 0 radical (unpaired) electrons. The average Bonchev–Trinajstić information content (AvgIpc) is 2.79. The Bertz CT molecular complexity index is 1040. The van der Waals surface area contributed by atoms with E-state index >= 15 is 0 Å². The minimum absolute atomic E-state index is 0.0229. The van der Waals surface area contributed by atoms with E-state index in [9.17, 15) is 22.4 Å². The molecule has 2 aromatic carbocycles. The fraction of sp³-hybridized carbons (Fsp3) is 0.333. The fourth-order valence-corrected chi connectivity index (χ4v) is 4.86. The predicted molar refractivity (Wildman–Crippen MR) is 113 cm³/mol. The summed E-state index contributed by atoms with van der Waals surface area (Å²) < 4.78 is 45.8. The quantitative estimate of drug-likeness (QED) is 0.673. The van der Waals surface area contributed by atoms with Crippen molar-refractivity contribution in [3.63, 3.8) is 0 Å². The summed E-state index contributed by atoms with van der Waals surface area (Å²) in [6.07, 6.45) is 1.03. The average molecular weight is 450 g/mol. The Morgan fingerprint density at radius 2 is 1.87 bits per heavy atom. The van der Waals surface area contributed by atoms with Gasteiger partial charge in [0.05, 0.1) is 30.2 Å². The van der Waals surface area contributed by atoms with Crippen LogP contribution < -0.4 is 15.4 Å². The van der Waals surface area contributed by atoms with E-state index in [4.69, 9.17) is 4.74 Å². The summed E-state index contributed by atoms with van der Waals surface area (Å²) in [6, 6.07) is 11.8. The second-order valence-corrected chi connectivity index (χ2v) is 9.06. The van der Waals surface area contributed by atoms with E-state index in [1.54, 1.807) is 18.2 Å². The van der Waals surface area contributed by atoms with Crippen LogP contribution in [0.15, 0.2) is 53.4 Å². The molecule has 0 saturated carbocycles. The predicted octanol–water partition coefficient (Wildman–Crippen LogP) is 1.99. The number of carbonyl (C=O) groups is 2. The lowest BCUT2D eigenvalue weighted by Crippen LogP contribution is -2.46. The van der Waals surface area contributed by atoms with Gasteiger partial charge < -0.3 is 15.4 Å². The molecule has 0 aliphatic carbocycles. The van der Waals surface area contributed by atoms with Gasteiger partial charge in [0, 0.05) is 13.1 Å². The van der Waals surface area contributed by atoms with Gasteiger partial charge in [-0.3, -0.25) is 9.59 Å². The zero-order valence-corrected chi connectivity index (χ0v) is 17.8. The van der Waals surface area contributed by atoms with Crippen molar-refractivity contribution in [1.29, 1.82) is 0 Å². The van der Waals surface area contributed by atoms with Crippen LogP contribution in [-0.2, 0) is 19.6 Å². The zero-order chi connectivity index (χ0) is 22.4. The maximum absolute atomic E-state index is 13.6. The van der Waals surface area contributed by atoms with Crippen LogP contribution in [0.2, 0.25) is 0 Å². The van der Waals surface area contributed by atoms with Crippen LogP contribution in [0.4, 0.5) is 10.1 Å². The van der Waals surface area contributed by atoms with Gasteiger partial charge in [0.2, 0.25) is 21.8 Å². The number of hydrogen-bond donors (Lipinski definition) is 2. The number of ether oxygens (including phenoxy) is 1. The minimum atomic E-state index is -3.75. The molecule has 2 amide bonds. The highest BCUT2D eigenvalue weighted by atomic mass is 32.2. The lowest BCUT2D eigenvalue weighted by molar-refractivity contribution is -0.128. The standard InChI is InChI=1S/C21H24FN3O5S/c1-30-16-8-10-17(11-9-16)31(28,29)25-12-4-5-15(14-25)21(27)23-13-20(26)24-19-7-3-2-6-18(19)22/h2-3,6-11,15H,4-5,12-14H2,1H3,(H,23,27)(H,24,26)/t15-/m1/s1.